The number of carbonyl (C=O) groups is 1. The van der Waals surface area contributed by atoms with E-state index in [0.717, 1.165) is 11.3 Å². The summed E-state index contributed by atoms with van der Waals surface area (Å²) in [5.74, 6) is 1.32. The van der Waals surface area contributed by atoms with Crippen molar-refractivity contribution in [2.75, 3.05) is 11.9 Å². The SMILES string of the molecule is CCOc1ccc(-c2n[nH]c(=S)n2CCC(=O)Nc2nncs2)cc1. The third kappa shape index (κ3) is 4.28. The monoisotopic (exact) mass is 376 g/mol. The molecule has 1 aromatic carbocycles. The molecular weight excluding hydrogens is 360 g/mol. The molecule has 8 nitrogen and oxygen atoms in total. The van der Waals surface area contributed by atoms with Crippen LogP contribution in [0.2, 0.25) is 0 Å². The third-order valence-corrected chi connectivity index (χ3v) is 4.27. The van der Waals surface area contributed by atoms with E-state index >= 15 is 0 Å². The van der Waals surface area contributed by atoms with Crippen LogP contribution in [0.3, 0.4) is 0 Å². The van der Waals surface area contributed by atoms with Gasteiger partial charge in [-0.2, -0.15) is 5.10 Å². The number of anilines is 1. The number of aromatic amines is 1. The minimum absolute atomic E-state index is 0.155. The molecule has 0 saturated heterocycles. The quantitative estimate of drug-likeness (QED) is 0.615. The maximum atomic E-state index is 12.0. The first-order chi connectivity index (χ1) is 12.2. The normalized spacial score (nSPS) is 10.6. The summed E-state index contributed by atoms with van der Waals surface area (Å²) in [5, 5.41) is 17.7. The highest BCUT2D eigenvalue weighted by Gasteiger charge is 2.11. The van der Waals surface area contributed by atoms with Gasteiger partial charge in [0.1, 0.15) is 11.3 Å². The van der Waals surface area contributed by atoms with Crippen molar-refractivity contribution in [3.63, 3.8) is 0 Å². The van der Waals surface area contributed by atoms with Gasteiger partial charge in [-0.3, -0.25) is 14.5 Å². The van der Waals surface area contributed by atoms with Gasteiger partial charge in [0.05, 0.1) is 6.61 Å². The fourth-order valence-electron chi connectivity index (χ4n) is 2.24. The zero-order chi connectivity index (χ0) is 17.6. The molecule has 3 rings (SSSR count). The highest BCUT2D eigenvalue weighted by Crippen LogP contribution is 2.21. The van der Waals surface area contributed by atoms with Crippen molar-refractivity contribution in [3.8, 4) is 17.1 Å². The number of nitrogens with one attached hydrogen (secondary N) is 2. The first kappa shape index (κ1) is 17.2. The number of amides is 1. The summed E-state index contributed by atoms with van der Waals surface area (Å²) in [6.07, 6.45) is 0.247. The van der Waals surface area contributed by atoms with Crippen LogP contribution in [0.5, 0.6) is 5.75 Å². The Morgan fingerprint density at radius 3 is 2.88 bits per heavy atom. The van der Waals surface area contributed by atoms with Crippen molar-refractivity contribution in [3.05, 3.63) is 34.5 Å². The number of aromatic nitrogens is 5. The standard InChI is InChI=1S/C15H16N6O2S2/c1-2-23-11-5-3-10(4-6-11)13-18-20-15(24)21(13)8-7-12(22)17-14-19-16-9-25-14/h3-6,9H,2,7-8H2,1H3,(H,20,24)(H,17,19,22). The molecular formula is C15H16N6O2S2. The second-order valence-corrected chi connectivity index (χ2v) is 6.22. The number of rotatable bonds is 7. The van der Waals surface area contributed by atoms with Crippen LogP contribution in [0.4, 0.5) is 5.13 Å². The molecule has 2 N–H and O–H groups in total. The van der Waals surface area contributed by atoms with Gasteiger partial charge >= 0.3 is 0 Å². The molecule has 130 valence electrons. The number of hydrogen-bond donors (Lipinski definition) is 2. The molecule has 0 spiro atoms. The molecule has 0 saturated carbocycles. The summed E-state index contributed by atoms with van der Waals surface area (Å²) in [6.45, 7) is 2.95. The Labute approximate surface area is 152 Å². The van der Waals surface area contributed by atoms with E-state index in [9.17, 15) is 4.79 Å². The molecule has 0 radical (unpaired) electrons. The number of ether oxygens (including phenoxy) is 1. The van der Waals surface area contributed by atoms with Crippen LogP contribution < -0.4 is 10.1 Å². The van der Waals surface area contributed by atoms with Crippen LogP contribution >= 0.6 is 23.6 Å². The summed E-state index contributed by atoms with van der Waals surface area (Å²) in [5.41, 5.74) is 2.45. The van der Waals surface area contributed by atoms with Crippen molar-refractivity contribution in [2.24, 2.45) is 0 Å². The average molecular weight is 376 g/mol. The third-order valence-electron chi connectivity index (χ3n) is 3.35. The van der Waals surface area contributed by atoms with E-state index in [1.54, 1.807) is 10.1 Å². The fraction of sp³-hybridized carbons (Fsp3) is 0.267. The molecule has 3 aromatic rings. The van der Waals surface area contributed by atoms with E-state index in [4.69, 9.17) is 17.0 Å². The summed E-state index contributed by atoms with van der Waals surface area (Å²) in [4.78, 5) is 12.0. The Kier molecular flexibility index (Phi) is 5.51. The van der Waals surface area contributed by atoms with Crippen molar-refractivity contribution in [2.45, 2.75) is 19.9 Å². The summed E-state index contributed by atoms with van der Waals surface area (Å²) < 4.78 is 7.70. The highest BCUT2D eigenvalue weighted by atomic mass is 32.1. The van der Waals surface area contributed by atoms with E-state index in [2.05, 4.69) is 25.7 Å². The summed E-state index contributed by atoms with van der Waals surface area (Å²) in [6, 6.07) is 7.58. The highest BCUT2D eigenvalue weighted by molar-refractivity contribution is 7.71. The maximum Gasteiger partial charge on any atom is 0.227 e. The molecule has 25 heavy (non-hydrogen) atoms. The smallest absolute Gasteiger partial charge is 0.227 e. The lowest BCUT2D eigenvalue weighted by atomic mass is 10.2. The van der Waals surface area contributed by atoms with Crippen LogP contribution in [-0.4, -0.2) is 37.5 Å². The van der Waals surface area contributed by atoms with E-state index < -0.39 is 0 Å². The van der Waals surface area contributed by atoms with Crippen LogP contribution in [-0.2, 0) is 11.3 Å². The molecule has 0 bridgehead atoms. The molecule has 0 unspecified atom stereocenters. The van der Waals surface area contributed by atoms with Gasteiger partial charge in [0.25, 0.3) is 0 Å². The zero-order valence-electron chi connectivity index (χ0n) is 13.4. The molecule has 0 aliphatic rings. The lowest BCUT2D eigenvalue weighted by Gasteiger charge is -2.08. The van der Waals surface area contributed by atoms with Gasteiger partial charge in [-0.25, -0.2) is 0 Å². The van der Waals surface area contributed by atoms with Crippen LogP contribution in [0.15, 0.2) is 29.8 Å². The number of benzene rings is 1. The predicted octanol–water partition coefficient (Wildman–Crippen LogP) is 2.89. The largest absolute Gasteiger partial charge is 0.494 e. The van der Waals surface area contributed by atoms with Crippen LogP contribution in [0.25, 0.3) is 11.4 Å². The van der Waals surface area contributed by atoms with Gasteiger partial charge in [0, 0.05) is 18.5 Å². The number of H-pyrrole nitrogens is 1. The fourth-order valence-corrected chi connectivity index (χ4v) is 2.92. The van der Waals surface area contributed by atoms with Gasteiger partial charge in [0.15, 0.2) is 10.6 Å². The van der Waals surface area contributed by atoms with E-state index in [1.807, 2.05) is 31.2 Å². The number of nitrogens with zero attached hydrogens (tertiary/aromatic N) is 4. The topological polar surface area (TPSA) is 97.7 Å². The molecule has 0 aliphatic carbocycles. The van der Waals surface area contributed by atoms with Crippen molar-refractivity contribution < 1.29 is 9.53 Å². The van der Waals surface area contributed by atoms with Crippen LogP contribution in [0, 0.1) is 4.77 Å². The molecule has 2 heterocycles. The first-order valence-electron chi connectivity index (χ1n) is 7.62. The van der Waals surface area contributed by atoms with Crippen molar-refractivity contribution >= 4 is 34.6 Å². The molecule has 1 amide bonds. The van der Waals surface area contributed by atoms with Crippen LogP contribution in [0.1, 0.15) is 13.3 Å². The van der Waals surface area contributed by atoms with Gasteiger partial charge in [-0.05, 0) is 43.4 Å². The lowest BCUT2D eigenvalue weighted by Crippen LogP contribution is -2.15. The molecule has 10 heteroatoms. The van der Waals surface area contributed by atoms with Gasteiger partial charge in [-0.15, -0.1) is 10.2 Å². The lowest BCUT2D eigenvalue weighted by molar-refractivity contribution is -0.116. The minimum Gasteiger partial charge on any atom is -0.494 e. The van der Waals surface area contributed by atoms with E-state index in [-0.39, 0.29) is 12.3 Å². The van der Waals surface area contributed by atoms with Crippen molar-refractivity contribution in [1.82, 2.24) is 25.0 Å². The average Bonchev–Trinajstić information content (AvgIpc) is 3.24. The second kappa shape index (κ2) is 7.99. The Bertz CT molecular complexity index is 886. The zero-order valence-corrected chi connectivity index (χ0v) is 15.1. The van der Waals surface area contributed by atoms with Crippen molar-refractivity contribution in [1.29, 1.82) is 0 Å². The summed E-state index contributed by atoms with van der Waals surface area (Å²) in [7, 11) is 0. The molecule has 0 fully saturated rings. The van der Waals surface area contributed by atoms with Gasteiger partial charge in [-0.1, -0.05) is 11.3 Å². The Morgan fingerprint density at radius 2 is 2.20 bits per heavy atom. The minimum atomic E-state index is -0.155. The second-order valence-electron chi connectivity index (χ2n) is 5.00. The Balaban J connectivity index is 1.71. The van der Waals surface area contributed by atoms with E-state index in [0.29, 0.717) is 28.9 Å². The van der Waals surface area contributed by atoms with Gasteiger partial charge < -0.3 is 10.1 Å². The molecule has 2 aromatic heterocycles. The molecule has 0 aliphatic heterocycles. The number of hydrogen-bond acceptors (Lipinski definition) is 7. The van der Waals surface area contributed by atoms with E-state index in [1.165, 1.54) is 11.3 Å². The van der Waals surface area contributed by atoms with Gasteiger partial charge in [0.2, 0.25) is 11.0 Å². The Morgan fingerprint density at radius 1 is 1.40 bits per heavy atom. The number of carbonyl (C=O) groups excluding carboxylic acids is 1. The Hall–Kier alpha value is -2.59. The first-order valence-corrected chi connectivity index (χ1v) is 8.90. The summed E-state index contributed by atoms with van der Waals surface area (Å²) >= 11 is 6.55. The maximum absolute atomic E-state index is 12.0. The predicted molar refractivity (Wildman–Crippen MR) is 97.2 cm³/mol. The molecule has 0 atom stereocenters.